The average molecular weight is 481 g/mol. The van der Waals surface area contributed by atoms with Crippen molar-refractivity contribution in [1.82, 2.24) is 5.32 Å². The summed E-state index contributed by atoms with van der Waals surface area (Å²) >= 11 is 3.57. The smallest absolute Gasteiger partial charge is 0.262 e. The lowest BCUT2D eigenvalue weighted by atomic mass is 9.95. The highest BCUT2D eigenvalue weighted by Gasteiger charge is 2.19. The van der Waals surface area contributed by atoms with Crippen molar-refractivity contribution in [2.24, 2.45) is 0 Å². The molecular weight excluding hydrogens is 456 g/mol. The number of ether oxygens (including phenoxy) is 1. The number of amides is 2. The molecule has 1 aliphatic carbocycles. The highest BCUT2D eigenvalue weighted by molar-refractivity contribution is 9.10. The van der Waals surface area contributed by atoms with Crippen molar-refractivity contribution >= 4 is 44.2 Å². The van der Waals surface area contributed by atoms with E-state index in [-0.39, 0.29) is 24.5 Å². The fourth-order valence-corrected chi connectivity index (χ4v) is 4.56. The molecule has 0 heterocycles. The molecule has 0 bridgehead atoms. The number of nitrogens with one attached hydrogen (secondary N) is 2. The van der Waals surface area contributed by atoms with Crippen LogP contribution in [0.2, 0.25) is 0 Å². The molecule has 3 aromatic carbocycles. The molecule has 0 saturated heterocycles. The van der Waals surface area contributed by atoms with Crippen molar-refractivity contribution in [2.45, 2.75) is 38.1 Å². The molecule has 0 radical (unpaired) electrons. The SMILES string of the molecule is O=C(COc1ccc2ccccc2c1Br)Nc1ccccc1C(=O)NC1CCCCC1. The first-order valence-electron chi connectivity index (χ1n) is 10.6. The van der Waals surface area contributed by atoms with Crippen molar-refractivity contribution in [1.29, 1.82) is 0 Å². The van der Waals surface area contributed by atoms with Gasteiger partial charge in [0.25, 0.3) is 11.8 Å². The normalized spacial score (nSPS) is 14.2. The molecule has 160 valence electrons. The first-order valence-corrected chi connectivity index (χ1v) is 11.4. The van der Waals surface area contributed by atoms with Crippen LogP contribution < -0.4 is 15.4 Å². The third kappa shape index (κ3) is 5.25. The highest BCUT2D eigenvalue weighted by Crippen LogP contribution is 2.33. The first kappa shape index (κ1) is 21.4. The molecule has 0 unspecified atom stereocenters. The fraction of sp³-hybridized carbons (Fsp3) is 0.280. The Morgan fingerprint density at radius 2 is 1.68 bits per heavy atom. The number of halogens is 1. The van der Waals surface area contributed by atoms with Crippen LogP contribution in [0, 0.1) is 0 Å². The molecule has 5 nitrogen and oxygen atoms in total. The van der Waals surface area contributed by atoms with Crippen LogP contribution in [-0.2, 0) is 4.79 Å². The quantitative estimate of drug-likeness (QED) is 0.476. The van der Waals surface area contributed by atoms with Gasteiger partial charge in [0.1, 0.15) is 5.75 Å². The maximum atomic E-state index is 12.8. The van der Waals surface area contributed by atoms with Gasteiger partial charge in [0, 0.05) is 6.04 Å². The van der Waals surface area contributed by atoms with Crippen LogP contribution in [-0.4, -0.2) is 24.5 Å². The summed E-state index contributed by atoms with van der Waals surface area (Å²) in [7, 11) is 0. The molecule has 1 fully saturated rings. The molecule has 0 spiro atoms. The number of rotatable bonds is 6. The van der Waals surface area contributed by atoms with E-state index in [1.165, 1.54) is 6.42 Å². The molecule has 0 aromatic heterocycles. The second kappa shape index (κ2) is 9.96. The number of hydrogen-bond donors (Lipinski definition) is 2. The van der Waals surface area contributed by atoms with E-state index >= 15 is 0 Å². The number of para-hydroxylation sites is 1. The summed E-state index contributed by atoms with van der Waals surface area (Å²) < 4.78 is 6.55. The Morgan fingerprint density at radius 1 is 0.935 bits per heavy atom. The Labute approximate surface area is 190 Å². The zero-order valence-corrected chi connectivity index (χ0v) is 18.8. The monoisotopic (exact) mass is 480 g/mol. The Balaban J connectivity index is 1.40. The molecule has 1 aliphatic rings. The van der Waals surface area contributed by atoms with Crippen LogP contribution in [0.25, 0.3) is 10.8 Å². The van der Waals surface area contributed by atoms with Crippen LogP contribution in [0.1, 0.15) is 42.5 Å². The zero-order valence-electron chi connectivity index (χ0n) is 17.2. The second-order valence-electron chi connectivity index (χ2n) is 7.79. The van der Waals surface area contributed by atoms with Gasteiger partial charge in [-0.05, 0) is 57.7 Å². The Bertz CT molecular complexity index is 1090. The summed E-state index contributed by atoms with van der Waals surface area (Å²) in [4.78, 5) is 25.3. The minimum absolute atomic E-state index is 0.152. The van der Waals surface area contributed by atoms with Gasteiger partial charge in [0.15, 0.2) is 6.61 Å². The molecule has 0 atom stereocenters. The maximum absolute atomic E-state index is 12.8. The standard InChI is InChI=1S/C25H25BrN2O3/c26-24-19-11-5-4-8-17(19)14-15-22(24)31-16-23(29)28-21-13-7-6-12-20(21)25(30)27-18-9-2-1-3-10-18/h4-8,11-15,18H,1-3,9-10,16H2,(H,27,30)(H,28,29). The van der Waals surface area contributed by atoms with Crippen molar-refractivity contribution in [3.05, 3.63) is 70.7 Å². The minimum atomic E-state index is -0.321. The number of carbonyl (C=O) groups excluding carboxylic acids is 2. The number of benzene rings is 3. The zero-order chi connectivity index (χ0) is 21.6. The van der Waals surface area contributed by atoms with Gasteiger partial charge < -0.3 is 15.4 Å². The number of hydrogen-bond acceptors (Lipinski definition) is 3. The van der Waals surface area contributed by atoms with Crippen LogP contribution in [0.4, 0.5) is 5.69 Å². The summed E-state index contributed by atoms with van der Waals surface area (Å²) in [5.41, 5.74) is 0.954. The Morgan fingerprint density at radius 3 is 2.52 bits per heavy atom. The lowest BCUT2D eigenvalue weighted by Crippen LogP contribution is -2.36. The molecule has 4 rings (SSSR count). The number of carbonyl (C=O) groups is 2. The lowest BCUT2D eigenvalue weighted by Gasteiger charge is -2.23. The van der Waals surface area contributed by atoms with Gasteiger partial charge in [-0.25, -0.2) is 0 Å². The molecular formula is C25H25BrN2O3. The van der Waals surface area contributed by atoms with Crippen molar-refractivity contribution in [2.75, 3.05) is 11.9 Å². The van der Waals surface area contributed by atoms with Crippen LogP contribution >= 0.6 is 15.9 Å². The van der Waals surface area contributed by atoms with Gasteiger partial charge in [0.2, 0.25) is 0 Å². The number of anilines is 1. The largest absolute Gasteiger partial charge is 0.483 e. The predicted octanol–water partition coefficient (Wildman–Crippen LogP) is 5.68. The Kier molecular flexibility index (Phi) is 6.87. The molecule has 2 N–H and O–H groups in total. The van der Waals surface area contributed by atoms with Crippen molar-refractivity contribution < 1.29 is 14.3 Å². The maximum Gasteiger partial charge on any atom is 0.262 e. The van der Waals surface area contributed by atoms with Crippen molar-refractivity contribution in [3.63, 3.8) is 0 Å². The predicted molar refractivity (Wildman–Crippen MR) is 127 cm³/mol. The summed E-state index contributed by atoms with van der Waals surface area (Å²) in [5, 5.41) is 8.02. The molecule has 3 aromatic rings. The fourth-order valence-electron chi connectivity index (χ4n) is 3.95. The summed E-state index contributed by atoms with van der Waals surface area (Å²) in [6.45, 7) is -0.157. The number of fused-ring (bicyclic) bond motifs is 1. The van der Waals surface area contributed by atoms with Gasteiger partial charge in [-0.15, -0.1) is 0 Å². The average Bonchev–Trinajstić information content (AvgIpc) is 2.80. The van der Waals surface area contributed by atoms with Crippen molar-refractivity contribution in [3.8, 4) is 5.75 Å². The van der Waals surface area contributed by atoms with Crippen LogP contribution in [0.15, 0.2) is 65.1 Å². The van der Waals surface area contributed by atoms with E-state index in [4.69, 9.17) is 4.74 Å². The molecule has 0 aliphatic heterocycles. The van der Waals surface area contributed by atoms with E-state index in [0.29, 0.717) is 17.0 Å². The van der Waals surface area contributed by atoms with Crippen LogP contribution in [0.3, 0.4) is 0 Å². The van der Waals surface area contributed by atoms with E-state index in [1.54, 1.807) is 24.3 Å². The van der Waals surface area contributed by atoms with E-state index in [2.05, 4.69) is 26.6 Å². The topological polar surface area (TPSA) is 67.4 Å². The van der Waals surface area contributed by atoms with E-state index in [0.717, 1.165) is 40.9 Å². The van der Waals surface area contributed by atoms with Gasteiger partial charge >= 0.3 is 0 Å². The molecule has 1 saturated carbocycles. The first-order chi connectivity index (χ1) is 15.1. The van der Waals surface area contributed by atoms with E-state index < -0.39 is 0 Å². The van der Waals surface area contributed by atoms with E-state index in [9.17, 15) is 9.59 Å². The Hall–Kier alpha value is -2.86. The second-order valence-corrected chi connectivity index (χ2v) is 8.58. The third-order valence-electron chi connectivity index (χ3n) is 5.57. The summed E-state index contributed by atoms with van der Waals surface area (Å²) in [5.74, 6) is 0.121. The summed E-state index contributed by atoms with van der Waals surface area (Å²) in [6, 6.07) is 19.0. The highest BCUT2D eigenvalue weighted by atomic mass is 79.9. The minimum Gasteiger partial charge on any atom is -0.483 e. The van der Waals surface area contributed by atoms with E-state index in [1.807, 2.05) is 36.4 Å². The van der Waals surface area contributed by atoms with Crippen LogP contribution in [0.5, 0.6) is 5.75 Å². The molecule has 31 heavy (non-hydrogen) atoms. The third-order valence-corrected chi connectivity index (χ3v) is 6.39. The van der Waals surface area contributed by atoms with Gasteiger partial charge in [-0.3, -0.25) is 9.59 Å². The summed E-state index contributed by atoms with van der Waals surface area (Å²) in [6.07, 6.45) is 5.53. The van der Waals surface area contributed by atoms with Gasteiger partial charge in [-0.2, -0.15) is 0 Å². The van der Waals surface area contributed by atoms with Gasteiger partial charge in [-0.1, -0.05) is 61.7 Å². The molecule has 2 amide bonds. The lowest BCUT2D eigenvalue weighted by molar-refractivity contribution is -0.118. The molecule has 6 heteroatoms. The van der Waals surface area contributed by atoms with Gasteiger partial charge in [0.05, 0.1) is 15.7 Å².